The number of likely N-dealkylation sites (N-methyl/N-ethyl adjacent to an activating group) is 1. The minimum atomic E-state index is -1.13. The molecule has 0 fully saturated rings. The number of esters is 2. The van der Waals surface area contributed by atoms with Gasteiger partial charge in [0.15, 0.2) is 6.10 Å². The summed E-state index contributed by atoms with van der Waals surface area (Å²) < 4.78 is 17.1. The highest BCUT2D eigenvalue weighted by molar-refractivity contribution is 5.70. The van der Waals surface area contributed by atoms with Crippen LogP contribution in [0.1, 0.15) is 168 Å². The number of quaternary nitrogens is 1. The van der Waals surface area contributed by atoms with Gasteiger partial charge in [0.1, 0.15) is 12.6 Å². The maximum Gasteiger partial charge on any atom is 0.306 e. The van der Waals surface area contributed by atoms with E-state index in [1.807, 2.05) is 0 Å². The van der Waals surface area contributed by atoms with Crippen LogP contribution in [0.4, 0.5) is 0 Å². The van der Waals surface area contributed by atoms with Gasteiger partial charge < -0.3 is 28.6 Å². The number of carbonyl (C=O) groups is 3. The van der Waals surface area contributed by atoms with E-state index in [4.69, 9.17) is 14.2 Å². The van der Waals surface area contributed by atoms with Crippen molar-refractivity contribution in [1.82, 2.24) is 0 Å². The van der Waals surface area contributed by atoms with E-state index >= 15 is 0 Å². The highest BCUT2D eigenvalue weighted by Gasteiger charge is 2.25. The normalized spacial score (nSPS) is 13.5. The first-order valence-electron chi connectivity index (χ1n) is 21.2. The molecule has 306 valence electrons. The second-order valence-electron chi connectivity index (χ2n) is 15.2. The molecule has 0 aliphatic heterocycles. The van der Waals surface area contributed by atoms with E-state index in [0.717, 1.165) is 70.6 Å². The molecule has 0 amide bonds. The number of unbranched alkanes of at least 4 members (excludes halogenated alkanes) is 15. The van der Waals surface area contributed by atoms with Gasteiger partial charge in [0.25, 0.3) is 0 Å². The van der Waals surface area contributed by atoms with Crippen molar-refractivity contribution < 1.29 is 38.2 Å². The average Bonchev–Trinajstić information content (AvgIpc) is 3.11. The van der Waals surface area contributed by atoms with Crippen molar-refractivity contribution in [3.63, 3.8) is 0 Å². The lowest BCUT2D eigenvalue weighted by atomic mass is 10.0. The number of carboxylic acid groups (broad SMARTS) is 1. The van der Waals surface area contributed by atoms with Crippen molar-refractivity contribution in [2.45, 2.75) is 180 Å². The molecule has 2 unspecified atom stereocenters. The zero-order chi connectivity index (χ0) is 39.3. The molecule has 0 saturated carbocycles. The summed E-state index contributed by atoms with van der Waals surface area (Å²) in [7, 11) is 5.39. The minimum Gasteiger partial charge on any atom is -0.544 e. The summed E-state index contributed by atoms with van der Waals surface area (Å²) >= 11 is 0. The van der Waals surface area contributed by atoms with E-state index in [-0.39, 0.29) is 49.1 Å². The molecule has 0 aliphatic rings. The monoisotopic (exact) mass is 746 g/mol. The lowest BCUT2D eigenvalue weighted by molar-refractivity contribution is -0.889. The first-order valence-corrected chi connectivity index (χ1v) is 21.2. The van der Waals surface area contributed by atoms with E-state index in [1.165, 1.54) is 64.2 Å². The van der Waals surface area contributed by atoms with Gasteiger partial charge in [-0.25, -0.2) is 0 Å². The molecular weight excluding hydrogens is 666 g/mol. The molecular formula is C45H79NO7. The molecule has 0 radical (unpaired) electrons. The first-order chi connectivity index (χ1) is 25.6. The van der Waals surface area contributed by atoms with Crippen molar-refractivity contribution in [1.29, 1.82) is 0 Å². The molecule has 0 aliphatic carbocycles. The quantitative estimate of drug-likeness (QED) is 0.0270. The molecule has 8 nitrogen and oxygen atoms in total. The fraction of sp³-hybridized carbons (Fsp3) is 0.756. The Kier molecular flexibility index (Phi) is 34.4. The van der Waals surface area contributed by atoms with Gasteiger partial charge in [-0.3, -0.25) is 9.59 Å². The third-order valence-electron chi connectivity index (χ3n) is 9.23. The van der Waals surface area contributed by atoms with Crippen molar-refractivity contribution in [3.05, 3.63) is 48.6 Å². The zero-order valence-electron chi connectivity index (χ0n) is 34.7. The molecule has 0 aromatic carbocycles. The van der Waals surface area contributed by atoms with E-state index in [1.54, 1.807) is 21.1 Å². The van der Waals surface area contributed by atoms with Crippen molar-refractivity contribution >= 4 is 17.9 Å². The topological polar surface area (TPSA) is 102 Å². The third kappa shape index (κ3) is 34.8. The lowest BCUT2D eigenvalue weighted by Gasteiger charge is -2.34. The summed E-state index contributed by atoms with van der Waals surface area (Å²) in [5, 5.41) is 11.6. The van der Waals surface area contributed by atoms with Crippen molar-refractivity contribution in [3.8, 4) is 0 Å². The largest absolute Gasteiger partial charge is 0.544 e. The van der Waals surface area contributed by atoms with Crippen LogP contribution < -0.4 is 5.11 Å². The fourth-order valence-electron chi connectivity index (χ4n) is 5.94. The standard InChI is InChI=1S/C45H79NO7/c1-6-8-10-12-14-16-18-20-21-22-24-26-28-30-32-34-36-44(48)53-41(39-51-38-37-42(45(49)50)46(3,4)5)40-52-43(47)35-33-31-29-27-25-23-19-17-15-13-11-9-7-2/h8,10,14,16,20-21,24,26,41-42H,6-7,9,11-13,15,17-19,22-23,25,27-40H2,1-5H3/b10-8+,16-14+,21-20+,26-24+. The molecule has 0 aromatic heterocycles. The number of ether oxygens (including phenoxy) is 3. The van der Waals surface area contributed by atoms with E-state index in [0.29, 0.717) is 6.42 Å². The van der Waals surface area contributed by atoms with Crippen LogP contribution in [0.25, 0.3) is 0 Å². The Morgan fingerprint density at radius 3 is 1.57 bits per heavy atom. The number of carboxylic acids is 1. The minimum absolute atomic E-state index is 0.0283. The Hall–Kier alpha value is -2.71. The van der Waals surface area contributed by atoms with Crippen LogP contribution in [0.2, 0.25) is 0 Å². The van der Waals surface area contributed by atoms with E-state index < -0.39 is 18.1 Å². The molecule has 0 N–H and O–H groups in total. The summed E-state index contributed by atoms with van der Waals surface area (Å²) in [6, 6.07) is -0.731. The van der Waals surface area contributed by atoms with Gasteiger partial charge in [0.05, 0.1) is 40.3 Å². The second kappa shape index (κ2) is 36.3. The fourth-order valence-corrected chi connectivity index (χ4v) is 5.94. The van der Waals surface area contributed by atoms with Gasteiger partial charge in [0, 0.05) is 19.3 Å². The predicted octanol–water partition coefficient (Wildman–Crippen LogP) is 9.91. The van der Waals surface area contributed by atoms with Crippen LogP contribution in [0.5, 0.6) is 0 Å². The summed E-state index contributed by atoms with van der Waals surface area (Å²) in [6.07, 6.45) is 41.3. The molecule has 0 bridgehead atoms. The van der Waals surface area contributed by atoms with E-state index in [2.05, 4.69) is 62.5 Å². The maximum absolute atomic E-state index is 12.7. The summed E-state index contributed by atoms with van der Waals surface area (Å²) in [6.45, 7) is 4.51. The van der Waals surface area contributed by atoms with Gasteiger partial charge in [-0.15, -0.1) is 0 Å². The number of aliphatic carboxylic acids is 1. The first kappa shape index (κ1) is 50.3. The van der Waals surface area contributed by atoms with Gasteiger partial charge >= 0.3 is 11.9 Å². The van der Waals surface area contributed by atoms with Gasteiger partial charge in [-0.05, 0) is 51.4 Å². The molecule has 0 rings (SSSR count). The number of allylic oxidation sites excluding steroid dienone is 8. The third-order valence-corrected chi connectivity index (χ3v) is 9.23. The Bertz CT molecular complexity index is 1010. The van der Waals surface area contributed by atoms with Crippen LogP contribution in [0.15, 0.2) is 48.6 Å². The number of hydrogen-bond acceptors (Lipinski definition) is 7. The van der Waals surface area contributed by atoms with Crippen molar-refractivity contribution in [2.24, 2.45) is 0 Å². The molecule has 2 atom stereocenters. The molecule has 53 heavy (non-hydrogen) atoms. The molecule has 0 spiro atoms. The van der Waals surface area contributed by atoms with Crippen LogP contribution in [0.3, 0.4) is 0 Å². The zero-order valence-corrected chi connectivity index (χ0v) is 34.7. The van der Waals surface area contributed by atoms with Gasteiger partial charge in [-0.2, -0.15) is 0 Å². The lowest BCUT2D eigenvalue weighted by Crippen LogP contribution is -2.55. The summed E-state index contributed by atoms with van der Waals surface area (Å²) in [5.41, 5.74) is 0. The number of nitrogens with zero attached hydrogens (tertiary/aromatic N) is 1. The molecule has 0 aromatic rings. The van der Waals surface area contributed by atoms with Crippen LogP contribution >= 0.6 is 0 Å². The molecule has 8 heteroatoms. The smallest absolute Gasteiger partial charge is 0.306 e. The second-order valence-corrected chi connectivity index (χ2v) is 15.2. The van der Waals surface area contributed by atoms with Crippen molar-refractivity contribution in [2.75, 3.05) is 41.0 Å². The Balaban J connectivity index is 4.43. The predicted molar refractivity (Wildman–Crippen MR) is 217 cm³/mol. The highest BCUT2D eigenvalue weighted by atomic mass is 16.6. The molecule has 0 saturated heterocycles. The van der Waals surface area contributed by atoms with Gasteiger partial charge in [0.2, 0.25) is 0 Å². The van der Waals surface area contributed by atoms with Crippen LogP contribution in [0, 0.1) is 0 Å². The number of rotatable bonds is 37. The Morgan fingerprint density at radius 1 is 0.585 bits per heavy atom. The highest BCUT2D eigenvalue weighted by Crippen LogP contribution is 2.14. The van der Waals surface area contributed by atoms with Crippen LogP contribution in [-0.4, -0.2) is 75.5 Å². The average molecular weight is 746 g/mol. The molecule has 0 heterocycles. The Morgan fingerprint density at radius 2 is 1.06 bits per heavy atom. The van der Waals surface area contributed by atoms with Crippen LogP contribution in [-0.2, 0) is 28.6 Å². The summed E-state index contributed by atoms with van der Waals surface area (Å²) in [4.78, 5) is 36.8. The van der Waals surface area contributed by atoms with Gasteiger partial charge in [-0.1, -0.05) is 146 Å². The number of carbonyl (C=O) groups excluding carboxylic acids is 3. The number of hydrogen-bond donors (Lipinski definition) is 0. The maximum atomic E-state index is 12.7. The van der Waals surface area contributed by atoms with E-state index in [9.17, 15) is 19.5 Å². The Labute approximate surface area is 325 Å². The SMILES string of the molecule is CC/C=C/C/C=C/C/C=C/C/C=C/CCCCCC(=O)OC(COCCC(C(=O)[O-])[N+](C)(C)C)COC(=O)CCCCCCCCCCCCCCC. The summed E-state index contributed by atoms with van der Waals surface area (Å²) in [5.74, 6) is -1.78.